The molecule has 0 unspecified atom stereocenters. The number of rotatable bonds is 4. The predicted molar refractivity (Wildman–Crippen MR) is 67.2 cm³/mol. The number of sulfonamides is 1. The zero-order valence-electron chi connectivity index (χ0n) is 8.35. The van der Waals surface area contributed by atoms with E-state index >= 15 is 0 Å². The van der Waals surface area contributed by atoms with Crippen LogP contribution in [0, 0.1) is 0 Å². The molecule has 0 bridgehead atoms. The Balaban J connectivity index is 3.22. The van der Waals surface area contributed by atoms with Gasteiger partial charge in [0.2, 0.25) is 15.3 Å². The summed E-state index contributed by atoms with van der Waals surface area (Å²) in [5.41, 5.74) is 0.388. The fraction of sp³-hybridized carbons (Fsp3) is 0.222. The monoisotopic (exact) mass is 325 g/mol. The summed E-state index contributed by atoms with van der Waals surface area (Å²) in [5, 5.41) is -0.735. The average molecular weight is 327 g/mol. The highest BCUT2D eigenvalue weighted by Gasteiger charge is 2.21. The quantitative estimate of drug-likeness (QED) is 0.795. The van der Waals surface area contributed by atoms with Gasteiger partial charge in [0.15, 0.2) is 0 Å². The molecule has 1 rings (SSSR count). The summed E-state index contributed by atoms with van der Waals surface area (Å²) < 4.78 is 24.6. The molecule has 0 N–H and O–H groups in total. The lowest BCUT2D eigenvalue weighted by Crippen LogP contribution is -2.33. The van der Waals surface area contributed by atoms with Crippen LogP contribution in [0.15, 0.2) is 28.7 Å². The van der Waals surface area contributed by atoms with Crippen molar-refractivity contribution in [2.75, 3.05) is 17.1 Å². The third kappa shape index (κ3) is 3.47. The number of para-hydroxylation sites is 1. The maximum absolute atomic E-state index is 11.5. The van der Waals surface area contributed by atoms with E-state index in [4.69, 9.17) is 11.6 Å². The van der Waals surface area contributed by atoms with Gasteiger partial charge in [-0.2, -0.15) is 0 Å². The molecule has 1 aromatic carbocycles. The van der Waals surface area contributed by atoms with E-state index in [9.17, 15) is 13.2 Å². The molecule has 0 amide bonds. The van der Waals surface area contributed by atoms with Gasteiger partial charge in [0.1, 0.15) is 6.54 Å². The Morgan fingerprint density at radius 3 is 2.44 bits per heavy atom. The van der Waals surface area contributed by atoms with Gasteiger partial charge in [0.05, 0.1) is 11.9 Å². The molecular weight excluding hydrogens is 318 g/mol. The maximum atomic E-state index is 11.5. The first-order chi connectivity index (χ1) is 7.32. The number of hydrogen-bond acceptors (Lipinski definition) is 3. The summed E-state index contributed by atoms with van der Waals surface area (Å²) >= 11 is 8.44. The molecule has 0 aliphatic heterocycles. The van der Waals surface area contributed by atoms with Crippen LogP contribution < -0.4 is 4.31 Å². The summed E-state index contributed by atoms with van der Waals surface area (Å²) in [5.74, 6) is 0. The first-order valence-electron chi connectivity index (χ1n) is 4.23. The molecule has 0 saturated carbocycles. The van der Waals surface area contributed by atoms with E-state index in [0.29, 0.717) is 10.2 Å². The Labute approximate surface area is 107 Å². The van der Waals surface area contributed by atoms with Crippen LogP contribution in [0.1, 0.15) is 0 Å². The number of nitrogens with zero attached hydrogens (tertiary/aromatic N) is 1. The third-order valence-corrected chi connectivity index (χ3v) is 3.71. The van der Waals surface area contributed by atoms with Crippen LogP contribution in [0.25, 0.3) is 0 Å². The second-order valence-corrected chi connectivity index (χ2v) is 6.26. The van der Waals surface area contributed by atoms with Crippen molar-refractivity contribution in [3.8, 4) is 0 Å². The Kier molecular flexibility index (Phi) is 4.35. The molecule has 16 heavy (non-hydrogen) atoms. The molecular formula is C9H9BrClNO3S. The van der Waals surface area contributed by atoms with E-state index in [0.717, 1.165) is 10.6 Å². The third-order valence-electron chi connectivity index (χ3n) is 1.79. The van der Waals surface area contributed by atoms with Crippen molar-refractivity contribution in [3.05, 3.63) is 28.7 Å². The molecule has 4 nitrogen and oxygen atoms in total. The lowest BCUT2D eigenvalue weighted by atomic mass is 10.3. The molecule has 0 spiro atoms. The Hall–Kier alpha value is -0.590. The van der Waals surface area contributed by atoms with Crippen LogP contribution in [0.4, 0.5) is 5.69 Å². The summed E-state index contributed by atoms with van der Waals surface area (Å²) in [4.78, 5) is 10.8. The van der Waals surface area contributed by atoms with Crippen molar-refractivity contribution in [1.29, 1.82) is 0 Å². The van der Waals surface area contributed by atoms with E-state index in [-0.39, 0.29) is 6.54 Å². The molecule has 0 fully saturated rings. The van der Waals surface area contributed by atoms with Gasteiger partial charge in [-0.25, -0.2) is 8.42 Å². The second-order valence-electron chi connectivity index (χ2n) is 3.08. The zero-order valence-corrected chi connectivity index (χ0v) is 11.5. The minimum Gasteiger partial charge on any atom is -0.279 e. The van der Waals surface area contributed by atoms with Gasteiger partial charge in [-0.3, -0.25) is 9.10 Å². The molecule has 0 aliphatic carbocycles. The van der Waals surface area contributed by atoms with Crippen LogP contribution in [0.3, 0.4) is 0 Å². The lowest BCUT2D eigenvalue weighted by Gasteiger charge is -2.21. The van der Waals surface area contributed by atoms with Gasteiger partial charge < -0.3 is 0 Å². The molecule has 0 aliphatic rings. The van der Waals surface area contributed by atoms with Gasteiger partial charge in [0, 0.05) is 4.47 Å². The predicted octanol–water partition coefficient (Wildman–Crippen LogP) is 1.98. The average Bonchev–Trinajstić information content (AvgIpc) is 2.13. The highest BCUT2D eigenvalue weighted by atomic mass is 79.9. The number of halogens is 2. The molecule has 88 valence electrons. The Bertz CT molecular complexity index is 503. The zero-order chi connectivity index (χ0) is 12.3. The number of carbonyl (C=O) groups excluding carboxylic acids is 1. The topological polar surface area (TPSA) is 54.5 Å². The standard InChI is InChI=1S/C9H9BrClNO3S/c1-16(14,15)12(6-9(11)13)8-5-3-2-4-7(8)10/h2-5H,6H2,1H3. The van der Waals surface area contributed by atoms with E-state index in [2.05, 4.69) is 15.9 Å². The van der Waals surface area contributed by atoms with Gasteiger partial charge in [-0.15, -0.1) is 0 Å². The van der Waals surface area contributed by atoms with Crippen molar-refractivity contribution in [2.24, 2.45) is 0 Å². The number of carbonyl (C=O) groups is 1. The van der Waals surface area contributed by atoms with Crippen LogP contribution >= 0.6 is 27.5 Å². The molecule has 0 radical (unpaired) electrons. The van der Waals surface area contributed by atoms with Crippen LogP contribution in [0.5, 0.6) is 0 Å². The fourth-order valence-corrected chi connectivity index (χ4v) is 2.82. The van der Waals surface area contributed by atoms with Crippen LogP contribution in [0.2, 0.25) is 0 Å². The summed E-state index contributed by atoms with van der Waals surface area (Å²) in [6.07, 6.45) is 1.02. The molecule has 0 heterocycles. The van der Waals surface area contributed by atoms with Crippen molar-refractivity contribution >= 4 is 48.5 Å². The summed E-state index contributed by atoms with van der Waals surface area (Å²) in [6.45, 7) is -0.386. The lowest BCUT2D eigenvalue weighted by molar-refractivity contribution is -0.110. The Morgan fingerprint density at radius 1 is 1.44 bits per heavy atom. The number of benzene rings is 1. The van der Waals surface area contributed by atoms with E-state index in [1.165, 1.54) is 0 Å². The molecule has 7 heteroatoms. The highest BCUT2D eigenvalue weighted by molar-refractivity contribution is 9.10. The van der Waals surface area contributed by atoms with Crippen molar-refractivity contribution in [1.82, 2.24) is 0 Å². The van der Waals surface area contributed by atoms with Crippen molar-refractivity contribution in [2.45, 2.75) is 0 Å². The van der Waals surface area contributed by atoms with Gasteiger partial charge >= 0.3 is 0 Å². The van der Waals surface area contributed by atoms with Gasteiger partial charge in [-0.05, 0) is 39.7 Å². The van der Waals surface area contributed by atoms with Gasteiger partial charge in [0.25, 0.3) is 0 Å². The largest absolute Gasteiger partial charge is 0.279 e. The summed E-state index contributed by atoms with van der Waals surface area (Å²) in [7, 11) is -3.54. The minimum absolute atomic E-state index is 0.386. The van der Waals surface area contributed by atoms with Crippen molar-refractivity contribution in [3.63, 3.8) is 0 Å². The van der Waals surface area contributed by atoms with E-state index in [1.807, 2.05) is 0 Å². The van der Waals surface area contributed by atoms with Crippen LogP contribution in [-0.2, 0) is 14.8 Å². The fourth-order valence-electron chi connectivity index (χ4n) is 1.15. The number of anilines is 1. The smallest absolute Gasteiger partial charge is 0.242 e. The van der Waals surface area contributed by atoms with Gasteiger partial charge in [-0.1, -0.05) is 12.1 Å². The first kappa shape index (κ1) is 13.5. The van der Waals surface area contributed by atoms with Crippen LogP contribution in [-0.4, -0.2) is 26.5 Å². The first-order valence-corrected chi connectivity index (χ1v) is 7.25. The summed E-state index contributed by atoms with van der Waals surface area (Å²) in [6, 6.07) is 6.70. The van der Waals surface area contributed by atoms with E-state index in [1.54, 1.807) is 24.3 Å². The maximum Gasteiger partial charge on any atom is 0.242 e. The number of hydrogen-bond donors (Lipinski definition) is 0. The highest BCUT2D eigenvalue weighted by Crippen LogP contribution is 2.27. The normalized spacial score (nSPS) is 11.2. The van der Waals surface area contributed by atoms with Crippen molar-refractivity contribution < 1.29 is 13.2 Å². The molecule has 0 atom stereocenters. The molecule has 0 saturated heterocycles. The SMILES string of the molecule is CS(=O)(=O)N(CC(=O)Cl)c1ccccc1Br. The molecule has 0 aromatic heterocycles. The van der Waals surface area contributed by atoms with E-state index < -0.39 is 15.3 Å². The Morgan fingerprint density at radius 2 is 2.00 bits per heavy atom. The second kappa shape index (κ2) is 5.16. The minimum atomic E-state index is -3.54. The molecule has 1 aromatic rings.